The van der Waals surface area contributed by atoms with Crippen LogP contribution in [0.15, 0.2) is 66.7 Å². The molecule has 0 N–H and O–H groups in total. The van der Waals surface area contributed by atoms with Gasteiger partial charge in [-0.1, -0.05) is 60.7 Å². The Kier molecular flexibility index (Phi) is 4.71. The molecule has 3 aromatic carbocycles. The first-order valence-electron chi connectivity index (χ1n) is 8.47. The van der Waals surface area contributed by atoms with Gasteiger partial charge in [0.25, 0.3) is 0 Å². The van der Waals surface area contributed by atoms with Gasteiger partial charge in [-0.05, 0) is 42.2 Å². The number of rotatable bonds is 4. The molecule has 0 atom stereocenters. The molecule has 0 radical (unpaired) electrons. The fourth-order valence-electron chi connectivity index (χ4n) is 3.24. The fraction of sp³-hybridized carbons (Fsp3) is 0.174. The summed E-state index contributed by atoms with van der Waals surface area (Å²) in [6.45, 7) is 4.26. The van der Waals surface area contributed by atoms with Crippen LogP contribution in [-0.2, 0) is 0 Å². The topological polar surface area (TPSA) is 20.3 Å². The van der Waals surface area contributed by atoms with Crippen molar-refractivity contribution in [3.05, 3.63) is 89.0 Å². The smallest absolute Gasteiger partial charge is 0.193 e. The first kappa shape index (κ1) is 17.0. The Morgan fingerprint density at radius 3 is 2.04 bits per heavy atom. The Balaban J connectivity index is 2.14. The van der Waals surface area contributed by atoms with Gasteiger partial charge in [-0.3, -0.25) is 4.79 Å². The largest absolute Gasteiger partial charge is 0.377 e. The summed E-state index contributed by atoms with van der Waals surface area (Å²) in [6, 6.07) is 21.6. The number of carbonyl (C=O) groups is 1. The van der Waals surface area contributed by atoms with E-state index < -0.39 is 0 Å². The predicted octanol–water partition coefficient (Wildman–Crippen LogP) is 5.27. The van der Waals surface area contributed by atoms with Crippen molar-refractivity contribution >= 4 is 11.5 Å². The molecule has 0 spiro atoms. The van der Waals surface area contributed by atoms with Crippen molar-refractivity contribution in [1.82, 2.24) is 0 Å². The number of benzene rings is 3. The van der Waals surface area contributed by atoms with Gasteiger partial charge in [-0.2, -0.15) is 0 Å². The summed E-state index contributed by atoms with van der Waals surface area (Å²) in [5, 5.41) is 0. The van der Waals surface area contributed by atoms with E-state index in [1.165, 1.54) is 16.8 Å². The SMILES string of the molecule is Cc1c(-c2ccccc2C(=O)c2ccccc2)ccc(N(C)C)c1C. The summed E-state index contributed by atoms with van der Waals surface area (Å²) in [4.78, 5) is 15.1. The number of hydrogen-bond acceptors (Lipinski definition) is 2. The van der Waals surface area contributed by atoms with Gasteiger partial charge >= 0.3 is 0 Å². The second kappa shape index (κ2) is 6.94. The summed E-state index contributed by atoms with van der Waals surface area (Å²) in [5.74, 6) is 0.0601. The third-order valence-electron chi connectivity index (χ3n) is 4.74. The van der Waals surface area contributed by atoms with E-state index in [1.54, 1.807) is 0 Å². The minimum atomic E-state index is 0.0601. The predicted molar refractivity (Wildman–Crippen MR) is 106 cm³/mol. The summed E-state index contributed by atoms with van der Waals surface area (Å²) in [5.41, 5.74) is 7.21. The maximum Gasteiger partial charge on any atom is 0.193 e. The van der Waals surface area contributed by atoms with Crippen LogP contribution in [0.25, 0.3) is 11.1 Å². The van der Waals surface area contributed by atoms with Gasteiger partial charge in [-0.15, -0.1) is 0 Å². The molecule has 0 saturated heterocycles. The molecule has 0 aromatic heterocycles. The van der Waals surface area contributed by atoms with Crippen LogP contribution in [0.4, 0.5) is 5.69 Å². The molecule has 2 nitrogen and oxygen atoms in total. The Bertz CT molecular complexity index is 911. The molecule has 0 aliphatic heterocycles. The Labute approximate surface area is 149 Å². The highest BCUT2D eigenvalue weighted by Gasteiger charge is 2.17. The molecule has 2 heteroatoms. The molecule has 0 bridgehead atoms. The third kappa shape index (κ3) is 3.20. The van der Waals surface area contributed by atoms with E-state index in [0.29, 0.717) is 5.56 Å². The second-order valence-corrected chi connectivity index (χ2v) is 6.52. The molecule has 126 valence electrons. The van der Waals surface area contributed by atoms with Crippen LogP contribution in [0.3, 0.4) is 0 Å². The molecule has 0 aliphatic carbocycles. The Morgan fingerprint density at radius 1 is 0.720 bits per heavy atom. The normalized spacial score (nSPS) is 10.6. The lowest BCUT2D eigenvalue weighted by Crippen LogP contribution is -2.11. The lowest BCUT2D eigenvalue weighted by molar-refractivity contribution is 0.103. The number of anilines is 1. The first-order valence-corrected chi connectivity index (χ1v) is 8.47. The molecule has 0 unspecified atom stereocenters. The third-order valence-corrected chi connectivity index (χ3v) is 4.74. The minimum absolute atomic E-state index is 0.0601. The fourth-order valence-corrected chi connectivity index (χ4v) is 3.24. The van der Waals surface area contributed by atoms with E-state index in [4.69, 9.17) is 0 Å². The quantitative estimate of drug-likeness (QED) is 0.608. The van der Waals surface area contributed by atoms with Gasteiger partial charge in [0.1, 0.15) is 0 Å². The first-order chi connectivity index (χ1) is 12.0. The van der Waals surface area contributed by atoms with E-state index >= 15 is 0 Å². The second-order valence-electron chi connectivity index (χ2n) is 6.52. The maximum atomic E-state index is 13.0. The number of nitrogens with zero attached hydrogens (tertiary/aromatic N) is 1. The van der Waals surface area contributed by atoms with E-state index in [9.17, 15) is 4.79 Å². The van der Waals surface area contributed by atoms with Gasteiger partial charge in [0.2, 0.25) is 0 Å². The average Bonchev–Trinajstić information content (AvgIpc) is 2.64. The van der Waals surface area contributed by atoms with Crippen LogP contribution in [-0.4, -0.2) is 19.9 Å². The molecule has 0 fully saturated rings. The van der Waals surface area contributed by atoms with Crippen molar-refractivity contribution in [3.8, 4) is 11.1 Å². The number of carbonyl (C=O) groups excluding carboxylic acids is 1. The van der Waals surface area contributed by atoms with Crippen LogP contribution in [0.2, 0.25) is 0 Å². The minimum Gasteiger partial charge on any atom is -0.377 e. The van der Waals surface area contributed by atoms with Crippen LogP contribution in [0, 0.1) is 13.8 Å². The van der Waals surface area contributed by atoms with Crippen molar-refractivity contribution in [1.29, 1.82) is 0 Å². The van der Waals surface area contributed by atoms with Crippen LogP contribution in [0.5, 0.6) is 0 Å². The lowest BCUT2D eigenvalue weighted by atomic mass is 9.89. The van der Waals surface area contributed by atoms with E-state index in [-0.39, 0.29) is 5.78 Å². The zero-order valence-corrected chi connectivity index (χ0v) is 15.2. The highest BCUT2D eigenvalue weighted by Crippen LogP contribution is 2.33. The van der Waals surface area contributed by atoms with Crippen LogP contribution < -0.4 is 4.90 Å². The maximum absolute atomic E-state index is 13.0. The van der Waals surface area contributed by atoms with Crippen molar-refractivity contribution in [2.75, 3.05) is 19.0 Å². The zero-order chi connectivity index (χ0) is 18.0. The van der Waals surface area contributed by atoms with E-state index in [1.807, 2.05) is 68.7 Å². The van der Waals surface area contributed by atoms with Crippen molar-refractivity contribution in [2.45, 2.75) is 13.8 Å². The molecule has 0 amide bonds. The number of ketones is 1. The number of hydrogen-bond donors (Lipinski definition) is 0. The summed E-state index contributed by atoms with van der Waals surface area (Å²) >= 11 is 0. The van der Waals surface area contributed by atoms with Crippen molar-refractivity contribution in [3.63, 3.8) is 0 Å². The summed E-state index contributed by atoms with van der Waals surface area (Å²) < 4.78 is 0. The Morgan fingerprint density at radius 2 is 1.36 bits per heavy atom. The van der Waals surface area contributed by atoms with E-state index in [2.05, 4.69) is 30.9 Å². The van der Waals surface area contributed by atoms with Gasteiger partial charge in [0.15, 0.2) is 5.78 Å². The standard InChI is InChI=1S/C23H23NO/c1-16-17(2)22(24(3)4)15-14-19(16)20-12-8-9-13-21(20)23(25)18-10-6-5-7-11-18/h5-15H,1-4H3. The molecule has 0 aliphatic rings. The average molecular weight is 329 g/mol. The van der Waals surface area contributed by atoms with E-state index in [0.717, 1.165) is 16.7 Å². The van der Waals surface area contributed by atoms with Gasteiger partial charge in [0, 0.05) is 30.9 Å². The highest BCUT2D eigenvalue weighted by atomic mass is 16.1. The molecule has 3 rings (SSSR count). The van der Waals surface area contributed by atoms with Crippen molar-refractivity contribution in [2.24, 2.45) is 0 Å². The van der Waals surface area contributed by atoms with Crippen molar-refractivity contribution < 1.29 is 4.79 Å². The monoisotopic (exact) mass is 329 g/mol. The Hall–Kier alpha value is -2.87. The summed E-state index contributed by atoms with van der Waals surface area (Å²) in [7, 11) is 4.10. The molecule has 3 aromatic rings. The zero-order valence-electron chi connectivity index (χ0n) is 15.2. The van der Waals surface area contributed by atoms with Crippen LogP contribution >= 0.6 is 0 Å². The van der Waals surface area contributed by atoms with Gasteiger partial charge in [-0.25, -0.2) is 0 Å². The molecular formula is C23H23NO. The van der Waals surface area contributed by atoms with Crippen LogP contribution in [0.1, 0.15) is 27.0 Å². The molecule has 0 saturated carbocycles. The van der Waals surface area contributed by atoms with Gasteiger partial charge < -0.3 is 4.90 Å². The molecular weight excluding hydrogens is 306 g/mol. The molecule has 0 heterocycles. The summed E-state index contributed by atoms with van der Waals surface area (Å²) in [6.07, 6.45) is 0. The van der Waals surface area contributed by atoms with Gasteiger partial charge in [0.05, 0.1) is 0 Å². The lowest BCUT2D eigenvalue weighted by Gasteiger charge is -2.20. The highest BCUT2D eigenvalue weighted by molar-refractivity contribution is 6.13. The molecule has 25 heavy (non-hydrogen) atoms.